The number of nitrogens with one attached hydrogen (secondary N) is 2. The lowest BCUT2D eigenvalue weighted by Crippen LogP contribution is -2.45. The summed E-state index contributed by atoms with van der Waals surface area (Å²) < 4.78 is 42.4. The number of rotatable bonds is 13. The normalized spacial score (nSPS) is 18.3. The summed E-state index contributed by atoms with van der Waals surface area (Å²) in [6.45, 7) is 1.84. The van der Waals surface area contributed by atoms with E-state index in [4.69, 9.17) is 9.47 Å². The molecule has 6 rings (SSSR count). The van der Waals surface area contributed by atoms with Crippen molar-refractivity contribution in [2.75, 3.05) is 11.1 Å². The zero-order valence-electron chi connectivity index (χ0n) is 27.5. The molecule has 1 aliphatic heterocycles. The standard InChI is InChI=1S/C39H39N3O6S2/c1-27-13-19-34(20-14-27)50(45,46)42-35(22-28-8-3-2-4-9-28)38(44)41-32-11-7-10-31(23-32)39-47-33(26-49-37-12-5-6-21-40-37)24-36(48-39)30-17-15-29(25-43)16-18-30/h2-21,23,33,35-36,39,42-43H,22,24-26H2,1H3,(H,41,44). The van der Waals surface area contributed by atoms with E-state index in [0.717, 1.165) is 27.3 Å². The first-order valence-corrected chi connectivity index (χ1v) is 18.8. The molecule has 50 heavy (non-hydrogen) atoms. The number of hydrogen-bond acceptors (Lipinski definition) is 8. The van der Waals surface area contributed by atoms with Gasteiger partial charge in [-0.15, -0.1) is 11.8 Å². The minimum absolute atomic E-state index is 0.0427. The number of ether oxygens (including phenoxy) is 2. The van der Waals surface area contributed by atoms with Crippen LogP contribution < -0.4 is 10.0 Å². The van der Waals surface area contributed by atoms with E-state index in [9.17, 15) is 18.3 Å². The molecule has 0 spiro atoms. The fourth-order valence-corrected chi connectivity index (χ4v) is 7.71. The third kappa shape index (κ3) is 9.45. The van der Waals surface area contributed by atoms with Gasteiger partial charge in [0.2, 0.25) is 15.9 Å². The van der Waals surface area contributed by atoms with Gasteiger partial charge in [0.05, 0.1) is 28.7 Å². The molecule has 9 nitrogen and oxygen atoms in total. The lowest BCUT2D eigenvalue weighted by molar-refractivity contribution is -0.245. The molecule has 1 aromatic heterocycles. The van der Waals surface area contributed by atoms with Crippen LogP contribution in [0.2, 0.25) is 0 Å². The van der Waals surface area contributed by atoms with Crippen LogP contribution in [-0.2, 0) is 37.3 Å². The molecule has 0 radical (unpaired) electrons. The Morgan fingerprint density at radius 2 is 1.64 bits per heavy atom. The molecule has 0 bridgehead atoms. The molecule has 0 saturated carbocycles. The van der Waals surface area contributed by atoms with Gasteiger partial charge in [0.1, 0.15) is 6.04 Å². The quantitative estimate of drug-likeness (QED) is 0.115. The molecule has 5 aromatic rings. The van der Waals surface area contributed by atoms with Crippen molar-refractivity contribution in [1.82, 2.24) is 9.71 Å². The van der Waals surface area contributed by atoms with E-state index in [0.29, 0.717) is 23.4 Å². The predicted molar refractivity (Wildman–Crippen MR) is 194 cm³/mol. The first kappa shape index (κ1) is 35.5. The maximum atomic E-state index is 13.8. The van der Waals surface area contributed by atoms with Crippen LogP contribution in [0, 0.1) is 6.92 Å². The predicted octanol–water partition coefficient (Wildman–Crippen LogP) is 6.75. The number of nitrogens with zero attached hydrogens (tertiary/aromatic N) is 1. The van der Waals surface area contributed by atoms with Crippen LogP contribution >= 0.6 is 11.8 Å². The van der Waals surface area contributed by atoms with Crippen molar-refractivity contribution in [3.05, 3.63) is 155 Å². The van der Waals surface area contributed by atoms with Crippen LogP contribution in [0.5, 0.6) is 0 Å². The Morgan fingerprint density at radius 3 is 2.36 bits per heavy atom. The molecular weight excluding hydrogens is 671 g/mol. The van der Waals surface area contributed by atoms with Gasteiger partial charge < -0.3 is 19.9 Å². The van der Waals surface area contributed by atoms with E-state index in [1.807, 2.05) is 85.8 Å². The largest absolute Gasteiger partial charge is 0.392 e. The van der Waals surface area contributed by atoms with Gasteiger partial charge in [0.25, 0.3) is 0 Å². The number of anilines is 1. The van der Waals surface area contributed by atoms with E-state index in [1.165, 1.54) is 12.1 Å². The number of sulfonamides is 1. The smallest absolute Gasteiger partial charge is 0.242 e. The number of amides is 1. The first-order chi connectivity index (χ1) is 24.3. The Balaban J connectivity index is 1.22. The highest BCUT2D eigenvalue weighted by molar-refractivity contribution is 7.99. The topological polar surface area (TPSA) is 127 Å². The van der Waals surface area contributed by atoms with Crippen LogP contribution in [0.3, 0.4) is 0 Å². The monoisotopic (exact) mass is 709 g/mol. The molecule has 1 fully saturated rings. The zero-order chi connectivity index (χ0) is 34.9. The summed E-state index contributed by atoms with van der Waals surface area (Å²) in [6, 6.07) is 35.4. The number of hydrogen-bond donors (Lipinski definition) is 3. The minimum Gasteiger partial charge on any atom is -0.392 e. The number of aromatic nitrogens is 1. The number of thioether (sulfide) groups is 1. The average Bonchev–Trinajstić information content (AvgIpc) is 3.14. The minimum atomic E-state index is -4.00. The van der Waals surface area contributed by atoms with Crippen molar-refractivity contribution in [2.24, 2.45) is 0 Å². The molecule has 258 valence electrons. The number of pyridine rings is 1. The van der Waals surface area contributed by atoms with Gasteiger partial charge in [-0.2, -0.15) is 4.72 Å². The van der Waals surface area contributed by atoms with Crippen LogP contribution in [-0.4, -0.2) is 42.3 Å². The summed E-state index contributed by atoms with van der Waals surface area (Å²) in [4.78, 5) is 18.3. The molecule has 4 atom stereocenters. The van der Waals surface area contributed by atoms with Crippen LogP contribution in [0.25, 0.3) is 0 Å². The Kier molecular flexibility index (Phi) is 11.7. The van der Waals surface area contributed by atoms with Gasteiger partial charge in [-0.3, -0.25) is 4.79 Å². The van der Waals surface area contributed by atoms with Gasteiger partial charge in [-0.1, -0.05) is 90.5 Å². The van der Waals surface area contributed by atoms with Gasteiger partial charge in [-0.25, -0.2) is 13.4 Å². The molecule has 0 aliphatic carbocycles. The number of aliphatic hydroxyl groups excluding tert-OH is 1. The molecular formula is C39H39N3O6S2. The Hall–Kier alpha value is -4.36. The first-order valence-electron chi connectivity index (χ1n) is 16.3. The zero-order valence-corrected chi connectivity index (χ0v) is 29.1. The molecule has 1 saturated heterocycles. The van der Waals surface area contributed by atoms with Crippen molar-refractivity contribution >= 4 is 33.4 Å². The van der Waals surface area contributed by atoms with Crippen molar-refractivity contribution in [3.8, 4) is 0 Å². The van der Waals surface area contributed by atoms with Crippen LogP contribution in [0.4, 0.5) is 5.69 Å². The number of benzene rings is 4. The van der Waals surface area contributed by atoms with E-state index in [-0.39, 0.29) is 30.1 Å². The fraction of sp³-hybridized carbons (Fsp3) is 0.231. The molecule has 4 unspecified atom stereocenters. The summed E-state index contributed by atoms with van der Waals surface area (Å²) in [5.74, 6) is 0.152. The second-order valence-electron chi connectivity index (χ2n) is 12.1. The van der Waals surface area contributed by atoms with E-state index in [2.05, 4.69) is 15.0 Å². The molecule has 3 N–H and O–H groups in total. The SMILES string of the molecule is Cc1ccc(S(=O)(=O)NC(Cc2ccccc2)C(=O)Nc2cccc(C3OC(CSc4ccccn4)CC(c4ccc(CO)cc4)O3)c2)cc1. The maximum Gasteiger partial charge on any atom is 0.242 e. The second-order valence-corrected chi connectivity index (χ2v) is 14.9. The Labute approximate surface area is 297 Å². The van der Waals surface area contributed by atoms with Crippen molar-refractivity contribution in [1.29, 1.82) is 0 Å². The van der Waals surface area contributed by atoms with Crippen molar-refractivity contribution in [3.63, 3.8) is 0 Å². The molecule has 1 amide bonds. The van der Waals surface area contributed by atoms with Crippen LogP contribution in [0.15, 0.2) is 137 Å². The summed E-state index contributed by atoms with van der Waals surface area (Å²) in [7, 11) is -4.00. The third-order valence-electron chi connectivity index (χ3n) is 8.32. The maximum absolute atomic E-state index is 13.8. The number of carbonyl (C=O) groups is 1. The second kappa shape index (κ2) is 16.6. The fourth-order valence-electron chi connectivity index (χ4n) is 5.64. The summed E-state index contributed by atoms with van der Waals surface area (Å²) in [6.07, 6.45) is 1.34. The molecule has 2 heterocycles. The van der Waals surface area contributed by atoms with Gasteiger partial charge in [0, 0.05) is 29.6 Å². The molecule has 11 heteroatoms. The molecule has 4 aromatic carbocycles. The van der Waals surface area contributed by atoms with Gasteiger partial charge in [0.15, 0.2) is 6.29 Å². The number of aliphatic hydroxyl groups is 1. The number of aryl methyl sites for hydroxylation is 1. The van der Waals surface area contributed by atoms with Crippen molar-refractivity contribution < 1.29 is 27.8 Å². The highest BCUT2D eigenvalue weighted by Crippen LogP contribution is 2.39. The Morgan fingerprint density at radius 1 is 0.880 bits per heavy atom. The highest BCUT2D eigenvalue weighted by Gasteiger charge is 2.33. The summed E-state index contributed by atoms with van der Waals surface area (Å²) >= 11 is 1.61. The lowest BCUT2D eigenvalue weighted by Gasteiger charge is -2.36. The Bertz CT molecular complexity index is 1960. The third-order valence-corrected chi connectivity index (χ3v) is 10.9. The van der Waals surface area contributed by atoms with Gasteiger partial charge >= 0.3 is 0 Å². The van der Waals surface area contributed by atoms with E-state index in [1.54, 1.807) is 48.3 Å². The van der Waals surface area contributed by atoms with Gasteiger partial charge in [-0.05, 0) is 66.4 Å². The van der Waals surface area contributed by atoms with Crippen molar-refractivity contribution in [2.45, 2.75) is 60.8 Å². The van der Waals surface area contributed by atoms with E-state index >= 15 is 0 Å². The molecule has 1 aliphatic rings. The summed E-state index contributed by atoms with van der Waals surface area (Å²) in [5.41, 5.74) is 4.70. The van der Waals surface area contributed by atoms with E-state index < -0.39 is 28.3 Å². The van der Waals surface area contributed by atoms with Crippen LogP contribution in [0.1, 0.15) is 46.6 Å². The average molecular weight is 710 g/mol. The highest BCUT2D eigenvalue weighted by atomic mass is 32.2. The summed E-state index contributed by atoms with van der Waals surface area (Å²) in [5, 5.41) is 13.4. The lowest BCUT2D eigenvalue weighted by atomic mass is 10.0. The number of carbonyl (C=O) groups excluding carboxylic acids is 1.